The molecule has 0 radical (unpaired) electrons. The molecule has 3 aromatic rings. The molecule has 8 heteroatoms. The monoisotopic (exact) mass is 450 g/mol. The second-order valence-electron chi connectivity index (χ2n) is 8.84. The van der Waals surface area contributed by atoms with Gasteiger partial charge in [-0.15, -0.1) is 0 Å². The third-order valence-electron chi connectivity index (χ3n) is 5.06. The molecule has 0 unspecified atom stereocenters. The summed E-state index contributed by atoms with van der Waals surface area (Å²) in [7, 11) is 1.73. The molecule has 2 amide bonds. The Morgan fingerprint density at radius 2 is 1.79 bits per heavy atom. The molecular formula is C25H30N4O4. The summed E-state index contributed by atoms with van der Waals surface area (Å²) in [5, 5.41) is 10.8. The number of rotatable bonds is 7. The van der Waals surface area contributed by atoms with Crippen LogP contribution in [-0.4, -0.2) is 41.4 Å². The first-order chi connectivity index (χ1) is 15.7. The van der Waals surface area contributed by atoms with Crippen LogP contribution in [0.15, 0.2) is 53.3 Å². The Morgan fingerprint density at radius 3 is 2.52 bits per heavy atom. The Bertz CT molecular complexity index is 1200. The highest BCUT2D eigenvalue weighted by atomic mass is 16.6. The molecule has 8 nitrogen and oxygen atoms in total. The molecule has 0 aliphatic carbocycles. The van der Waals surface area contributed by atoms with Gasteiger partial charge in [-0.2, -0.15) is 5.10 Å². The highest BCUT2D eigenvalue weighted by molar-refractivity contribution is 5.96. The van der Waals surface area contributed by atoms with Crippen molar-refractivity contribution in [2.24, 2.45) is 0 Å². The first kappa shape index (κ1) is 24.0. The van der Waals surface area contributed by atoms with Gasteiger partial charge in [-0.1, -0.05) is 30.3 Å². The minimum Gasteiger partial charge on any atom is -0.444 e. The van der Waals surface area contributed by atoms with E-state index < -0.39 is 11.7 Å². The summed E-state index contributed by atoms with van der Waals surface area (Å²) in [5.74, 6) is -0.0243. The predicted molar refractivity (Wildman–Crippen MR) is 129 cm³/mol. The Morgan fingerprint density at radius 1 is 1.06 bits per heavy atom. The molecule has 2 aromatic carbocycles. The molecular weight excluding hydrogens is 420 g/mol. The van der Waals surface area contributed by atoms with Crippen molar-refractivity contribution >= 4 is 28.5 Å². The van der Waals surface area contributed by atoms with Crippen molar-refractivity contribution < 1.29 is 14.3 Å². The zero-order valence-electron chi connectivity index (χ0n) is 19.5. The van der Waals surface area contributed by atoms with Crippen molar-refractivity contribution in [1.82, 2.24) is 15.5 Å². The largest absolute Gasteiger partial charge is 0.444 e. The lowest BCUT2D eigenvalue weighted by Gasteiger charge is -2.20. The number of fused-ring (bicyclic) bond motifs is 1. The third-order valence-corrected chi connectivity index (χ3v) is 5.06. The van der Waals surface area contributed by atoms with Crippen molar-refractivity contribution in [2.75, 3.05) is 18.5 Å². The minimum atomic E-state index is -0.534. The fourth-order valence-corrected chi connectivity index (χ4v) is 3.41. The van der Waals surface area contributed by atoms with Crippen LogP contribution in [0.4, 0.5) is 10.5 Å². The number of hydrogen-bond donors (Lipinski definition) is 2. The van der Waals surface area contributed by atoms with E-state index in [9.17, 15) is 14.4 Å². The SMILES string of the molecule is CN(C(=O)CCCCNC(=O)OC(C)(C)C)c1cccc(-c2n[nH]c(=O)c3ccccc23)c1. The number of nitrogens with one attached hydrogen (secondary N) is 2. The Kier molecular flexibility index (Phi) is 7.48. The first-order valence-electron chi connectivity index (χ1n) is 11.0. The molecule has 0 atom stereocenters. The smallest absolute Gasteiger partial charge is 0.407 e. The number of aromatic amines is 1. The Hall–Kier alpha value is -3.68. The van der Waals surface area contributed by atoms with Crippen LogP contribution < -0.4 is 15.8 Å². The number of benzene rings is 2. The second kappa shape index (κ2) is 10.3. The van der Waals surface area contributed by atoms with E-state index in [0.717, 1.165) is 16.6 Å². The summed E-state index contributed by atoms with van der Waals surface area (Å²) in [6, 6.07) is 14.8. The number of anilines is 1. The fraction of sp³-hybridized carbons (Fsp3) is 0.360. The minimum absolute atomic E-state index is 0.0243. The van der Waals surface area contributed by atoms with Gasteiger partial charge in [0.25, 0.3) is 5.56 Å². The number of hydrogen-bond acceptors (Lipinski definition) is 5. The van der Waals surface area contributed by atoms with E-state index in [4.69, 9.17) is 4.74 Å². The van der Waals surface area contributed by atoms with Crippen molar-refractivity contribution in [3.8, 4) is 11.3 Å². The van der Waals surface area contributed by atoms with E-state index in [2.05, 4.69) is 15.5 Å². The standard InChI is InChI=1S/C25H30N4O4/c1-25(2,3)33-24(32)26-15-8-7-14-21(30)29(4)18-11-9-10-17(16-18)22-19-12-5-6-13-20(19)23(31)28-27-22/h5-6,9-13,16H,7-8,14-15H2,1-4H3,(H,26,32)(H,28,31). The quantitative estimate of drug-likeness (QED) is 0.524. The molecule has 0 saturated heterocycles. The molecule has 0 aliphatic rings. The van der Waals surface area contributed by atoms with Crippen molar-refractivity contribution in [2.45, 2.75) is 45.6 Å². The van der Waals surface area contributed by atoms with Gasteiger partial charge in [-0.05, 0) is 51.8 Å². The molecule has 3 rings (SSSR count). The molecule has 0 saturated carbocycles. The van der Waals surface area contributed by atoms with Crippen molar-refractivity contribution in [3.05, 3.63) is 58.9 Å². The van der Waals surface area contributed by atoms with Crippen molar-refractivity contribution in [3.63, 3.8) is 0 Å². The Balaban J connectivity index is 1.60. The molecule has 0 bridgehead atoms. The van der Waals surface area contributed by atoms with Gasteiger partial charge in [0.15, 0.2) is 0 Å². The molecule has 1 aromatic heterocycles. The van der Waals surface area contributed by atoms with Gasteiger partial charge in [0.2, 0.25) is 5.91 Å². The number of amides is 2. The van der Waals surface area contributed by atoms with Crippen LogP contribution in [0.25, 0.3) is 22.0 Å². The van der Waals surface area contributed by atoms with E-state index in [-0.39, 0.29) is 11.5 Å². The molecule has 33 heavy (non-hydrogen) atoms. The number of nitrogens with zero attached hydrogens (tertiary/aromatic N) is 2. The molecule has 174 valence electrons. The molecule has 0 aliphatic heterocycles. The van der Waals surface area contributed by atoms with E-state index >= 15 is 0 Å². The van der Waals surface area contributed by atoms with Gasteiger partial charge in [0.1, 0.15) is 5.60 Å². The summed E-state index contributed by atoms with van der Waals surface area (Å²) in [4.78, 5) is 38.0. The molecule has 0 spiro atoms. The third kappa shape index (κ3) is 6.41. The fourth-order valence-electron chi connectivity index (χ4n) is 3.41. The van der Waals surface area contributed by atoms with Gasteiger partial charge in [0.05, 0.1) is 11.1 Å². The predicted octanol–water partition coefficient (Wildman–Crippen LogP) is 4.25. The van der Waals surface area contributed by atoms with E-state index in [1.807, 2.05) is 63.2 Å². The first-order valence-corrected chi connectivity index (χ1v) is 11.0. The van der Waals surface area contributed by atoms with E-state index in [0.29, 0.717) is 36.9 Å². The zero-order chi connectivity index (χ0) is 24.0. The van der Waals surface area contributed by atoms with Gasteiger partial charge < -0.3 is 15.0 Å². The number of carbonyl (C=O) groups excluding carboxylic acids is 2. The van der Waals surface area contributed by atoms with Gasteiger partial charge in [-0.25, -0.2) is 9.89 Å². The maximum Gasteiger partial charge on any atom is 0.407 e. The molecule has 2 N–H and O–H groups in total. The lowest BCUT2D eigenvalue weighted by molar-refractivity contribution is -0.118. The van der Waals surface area contributed by atoms with E-state index in [1.165, 1.54) is 0 Å². The zero-order valence-corrected chi connectivity index (χ0v) is 19.5. The van der Waals surface area contributed by atoms with Crippen LogP contribution in [0.3, 0.4) is 0 Å². The normalized spacial score (nSPS) is 11.3. The highest BCUT2D eigenvalue weighted by Gasteiger charge is 2.16. The summed E-state index contributed by atoms with van der Waals surface area (Å²) in [5.41, 5.74) is 1.43. The van der Waals surface area contributed by atoms with Crippen LogP contribution in [0.1, 0.15) is 40.0 Å². The average Bonchev–Trinajstić information content (AvgIpc) is 2.77. The number of carbonyl (C=O) groups is 2. The average molecular weight is 451 g/mol. The number of unbranched alkanes of at least 4 members (excludes halogenated alkanes) is 1. The second-order valence-corrected chi connectivity index (χ2v) is 8.84. The van der Waals surface area contributed by atoms with Gasteiger partial charge >= 0.3 is 6.09 Å². The van der Waals surface area contributed by atoms with Crippen LogP contribution in [0.2, 0.25) is 0 Å². The summed E-state index contributed by atoms with van der Waals surface area (Å²) < 4.78 is 5.19. The number of aromatic nitrogens is 2. The summed E-state index contributed by atoms with van der Waals surface area (Å²) in [6.45, 7) is 5.88. The summed E-state index contributed by atoms with van der Waals surface area (Å²) in [6.07, 6.45) is 1.22. The van der Waals surface area contributed by atoms with E-state index in [1.54, 1.807) is 18.0 Å². The van der Waals surface area contributed by atoms with Crippen LogP contribution >= 0.6 is 0 Å². The Labute approximate surface area is 193 Å². The number of H-pyrrole nitrogens is 1. The van der Waals surface area contributed by atoms with Crippen LogP contribution in [-0.2, 0) is 9.53 Å². The maximum absolute atomic E-state index is 12.7. The topological polar surface area (TPSA) is 104 Å². The van der Waals surface area contributed by atoms with Crippen LogP contribution in [0.5, 0.6) is 0 Å². The molecule has 1 heterocycles. The van der Waals surface area contributed by atoms with Crippen molar-refractivity contribution in [1.29, 1.82) is 0 Å². The highest BCUT2D eigenvalue weighted by Crippen LogP contribution is 2.27. The number of alkyl carbamates (subject to hydrolysis) is 1. The van der Waals surface area contributed by atoms with Crippen LogP contribution in [0, 0.1) is 0 Å². The lowest BCUT2D eigenvalue weighted by Crippen LogP contribution is -2.33. The summed E-state index contributed by atoms with van der Waals surface area (Å²) >= 11 is 0. The number of ether oxygens (including phenoxy) is 1. The molecule has 0 fully saturated rings. The van der Waals surface area contributed by atoms with Gasteiger partial charge in [-0.3, -0.25) is 9.59 Å². The van der Waals surface area contributed by atoms with Gasteiger partial charge in [0, 0.05) is 36.7 Å². The maximum atomic E-state index is 12.7. The lowest BCUT2D eigenvalue weighted by atomic mass is 10.0.